The number of anilines is 1. The second-order valence-corrected chi connectivity index (χ2v) is 3.85. The van der Waals surface area contributed by atoms with Crippen LogP contribution in [0.5, 0.6) is 0 Å². The molecule has 5 heteroatoms. The molecule has 2 heterocycles. The van der Waals surface area contributed by atoms with Gasteiger partial charge in [-0.1, -0.05) is 0 Å². The van der Waals surface area contributed by atoms with Gasteiger partial charge in [0.15, 0.2) is 0 Å². The largest absolute Gasteiger partial charge is 0.381 e. The zero-order chi connectivity index (χ0) is 9.10. The maximum atomic E-state index is 5.29. The first kappa shape index (κ1) is 8.90. The zero-order valence-electron chi connectivity index (χ0n) is 7.62. The van der Waals surface area contributed by atoms with Gasteiger partial charge in [-0.2, -0.15) is 4.37 Å². The van der Waals surface area contributed by atoms with Crippen molar-refractivity contribution in [3.8, 4) is 0 Å². The Balaban J connectivity index is 2.05. The van der Waals surface area contributed by atoms with Gasteiger partial charge in [0.1, 0.15) is 5.82 Å². The Morgan fingerprint density at radius 2 is 2.23 bits per heavy atom. The quantitative estimate of drug-likeness (QED) is 0.783. The van der Waals surface area contributed by atoms with E-state index in [9.17, 15) is 0 Å². The van der Waals surface area contributed by atoms with Crippen LogP contribution in [-0.4, -0.2) is 29.6 Å². The van der Waals surface area contributed by atoms with Gasteiger partial charge in [-0.15, -0.1) is 0 Å². The minimum atomic E-state index is 0.507. The number of nitrogens with zero attached hydrogens (tertiary/aromatic N) is 2. The van der Waals surface area contributed by atoms with Gasteiger partial charge in [0.05, 0.1) is 0 Å². The first-order chi connectivity index (χ1) is 6.40. The molecule has 1 fully saturated rings. The molecule has 2 rings (SSSR count). The summed E-state index contributed by atoms with van der Waals surface area (Å²) in [5.74, 6) is 1.49. The third-order valence-electron chi connectivity index (χ3n) is 2.24. The fourth-order valence-corrected chi connectivity index (χ4v) is 2.05. The fraction of sp³-hybridized carbons (Fsp3) is 0.750. The van der Waals surface area contributed by atoms with Crippen molar-refractivity contribution >= 4 is 16.7 Å². The average Bonchev–Trinajstić information content (AvgIpc) is 2.67. The monoisotopic (exact) mass is 199 g/mol. The van der Waals surface area contributed by atoms with Gasteiger partial charge < -0.3 is 10.1 Å². The van der Waals surface area contributed by atoms with E-state index in [0.717, 1.165) is 37.0 Å². The number of rotatable bonds is 2. The van der Waals surface area contributed by atoms with E-state index < -0.39 is 0 Å². The van der Waals surface area contributed by atoms with Gasteiger partial charge in [0, 0.05) is 37.7 Å². The van der Waals surface area contributed by atoms with E-state index in [-0.39, 0.29) is 0 Å². The molecule has 0 bridgehead atoms. The van der Waals surface area contributed by atoms with E-state index in [4.69, 9.17) is 4.74 Å². The van der Waals surface area contributed by atoms with Crippen molar-refractivity contribution in [1.82, 2.24) is 9.36 Å². The van der Waals surface area contributed by atoms with Gasteiger partial charge in [0.25, 0.3) is 0 Å². The molecular weight excluding hydrogens is 186 g/mol. The minimum Gasteiger partial charge on any atom is -0.381 e. The van der Waals surface area contributed by atoms with Crippen molar-refractivity contribution in [2.24, 2.45) is 0 Å². The van der Waals surface area contributed by atoms with Crippen LogP contribution in [0.15, 0.2) is 0 Å². The number of hydrogen-bond acceptors (Lipinski definition) is 5. The molecule has 0 radical (unpaired) electrons. The normalized spacial score (nSPS) is 18.8. The lowest BCUT2D eigenvalue weighted by molar-refractivity contribution is 0.0838. The molecular formula is C8H13N3OS. The summed E-state index contributed by atoms with van der Waals surface area (Å²) in [6.45, 7) is 1.69. The van der Waals surface area contributed by atoms with Gasteiger partial charge in [-0.25, -0.2) is 4.98 Å². The second kappa shape index (κ2) is 4.02. The lowest BCUT2D eigenvalue weighted by Crippen LogP contribution is -2.15. The highest BCUT2D eigenvalue weighted by molar-refractivity contribution is 7.09. The molecule has 0 atom stereocenters. The van der Waals surface area contributed by atoms with E-state index in [1.807, 2.05) is 7.05 Å². The van der Waals surface area contributed by atoms with Crippen molar-refractivity contribution in [2.75, 3.05) is 25.6 Å². The van der Waals surface area contributed by atoms with Crippen LogP contribution in [0.2, 0.25) is 0 Å². The number of nitrogens with one attached hydrogen (secondary N) is 1. The molecule has 72 valence electrons. The molecule has 0 unspecified atom stereocenters. The van der Waals surface area contributed by atoms with Crippen molar-refractivity contribution in [3.05, 3.63) is 5.82 Å². The lowest BCUT2D eigenvalue weighted by atomic mass is 10.00. The minimum absolute atomic E-state index is 0.507. The van der Waals surface area contributed by atoms with Crippen molar-refractivity contribution in [3.63, 3.8) is 0 Å². The lowest BCUT2D eigenvalue weighted by Gasteiger charge is -2.18. The topological polar surface area (TPSA) is 47.0 Å². The molecule has 1 aliphatic rings. The summed E-state index contributed by atoms with van der Waals surface area (Å²) in [6.07, 6.45) is 2.11. The summed E-state index contributed by atoms with van der Waals surface area (Å²) in [5, 5.41) is 3.90. The molecule has 0 spiro atoms. The number of ether oxygens (including phenoxy) is 1. The number of aromatic nitrogens is 2. The van der Waals surface area contributed by atoms with E-state index in [0.29, 0.717) is 5.92 Å². The third-order valence-corrected chi connectivity index (χ3v) is 2.99. The van der Waals surface area contributed by atoms with Gasteiger partial charge in [0.2, 0.25) is 5.13 Å². The van der Waals surface area contributed by atoms with Crippen LogP contribution in [0.3, 0.4) is 0 Å². The Labute approximate surface area is 81.5 Å². The zero-order valence-corrected chi connectivity index (χ0v) is 8.43. The van der Waals surface area contributed by atoms with E-state index in [1.165, 1.54) is 11.5 Å². The molecule has 1 saturated heterocycles. The molecule has 0 saturated carbocycles. The van der Waals surface area contributed by atoms with Crippen LogP contribution in [0.25, 0.3) is 0 Å². The van der Waals surface area contributed by atoms with Crippen molar-refractivity contribution in [2.45, 2.75) is 18.8 Å². The summed E-state index contributed by atoms with van der Waals surface area (Å²) in [6, 6.07) is 0. The predicted molar refractivity (Wildman–Crippen MR) is 52.2 cm³/mol. The first-order valence-corrected chi connectivity index (χ1v) is 5.26. The molecule has 13 heavy (non-hydrogen) atoms. The fourth-order valence-electron chi connectivity index (χ4n) is 1.46. The van der Waals surface area contributed by atoms with Crippen LogP contribution >= 0.6 is 11.5 Å². The average molecular weight is 199 g/mol. The van der Waals surface area contributed by atoms with Crippen LogP contribution in [0.1, 0.15) is 24.6 Å². The summed E-state index contributed by atoms with van der Waals surface area (Å²) in [7, 11) is 1.87. The highest BCUT2D eigenvalue weighted by atomic mass is 32.1. The molecule has 4 nitrogen and oxygen atoms in total. The van der Waals surface area contributed by atoms with Gasteiger partial charge in [-0.05, 0) is 12.8 Å². The standard InChI is InChI=1S/C8H13N3OS/c1-9-8-10-7(11-13-8)6-2-4-12-5-3-6/h6H,2-5H2,1H3,(H,9,10,11). The first-order valence-electron chi connectivity index (χ1n) is 4.49. The van der Waals surface area contributed by atoms with E-state index in [2.05, 4.69) is 14.7 Å². The van der Waals surface area contributed by atoms with Gasteiger partial charge in [-0.3, -0.25) is 0 Å². The smallest absolute Gasteiger partial charge is 0.202 e. The molecule has 0 aromatic carbocycles. The van der Waals surface area contributed by atoms with Crippen LogP contribution < -0.4 is 5.32 Å². The Kier molecular flexibility index (Phi) is 2.75. The molecule has 1 N–H and O–H groups in total. The SMILES string of the molecule is CNc1nc(C2CCOCC2)ns1. The Morgan fingerprint density at radius 1 is 1.46 bits per heavy atom. The Bertz CT molecular complexity index is 270. The summed E-state index contributed by atoms with van der Waals surface area (Å²) >= 11 is 1.43. The van der Waals surface area contributed by atoms with Crippen LogP contribution in [0.4, 0.5) is 5.13 Å². The molecule has 1 aliphatic heterocycles. The highest BCUT2D eigenvalue weighted by Gasteiger charge is 2.19. The van der Waals surface area contributed by atoms with E-state index >= 15 is 0 Å². The third kappa shape index (κ3) is 1.97. The number of hydrogen-bond donors (Lipinski definition) is 1. The maximum Gasteiger partial charge on any atom is 0.202 e. The van der Waals surface area contributed by atoms with Crippen molar-refractivity contribution in [1.29, 1.82) is 0 Å². The van der Waals surface area contributed by atoms with Crippen LogP contribution in [-0.2, 0) is 4.74 Å². The van der Waals surface area contributed by atoms with E-state index in [1.54, 1.807) is 0 Å². The molecule has 1 aromatic heterocycles. The highest BCUT2D eigenvalue weighted by Crippen LogP contribution is 2.26. The van der Waals surface area contributed by atoms with Gasteiger partial charge >= 0.3 is 0 Å². The molecule has 1 aromatic rings. The van der Waals surface area contributed by atoms with Crippen LogP contribution in [0, 0.1) is 0 Å². The summed E-state index contributed by atoms with van der Waals surface area (Å²) in [5.41, 5.74) is 0. The summed E-state index contributed by atoms with van der Waals surface area (Å²) < 4.78 is 9.61. The second-order valence-electron chi connectivity index (χ2n) is 3.09. The van der Waals surface area contributed by atoms with Crippen molar-refractivity contribution < 1.29 is 4.74 Å². The maximum absolute atomic E-state index is 5.29. The molecule has 0 aliphatic carbocycles. The Morgan fingerprint density at radius 3 is 2.85 bits per heavy atom. The molecule has 0 amide bonds. The predicted octanol–water partition coefficient (Wildman–Crippen LogP) is 1.47. The summed E-state index contributed by atoms with van der Waals surface area (Å²) in [4.78, 5) is 4.39. The Hall–Kier alpha value is -0.680.